The summed E-state index contributed by atoms with van der Waals surface area (Å²) in [6, 6.07) is 21.4. The number of halogens is 1. The van der Waals surface area contributed by atoms with E-state index in [9.17, 15) is 4.39 Å². The van der Waals surface area contributed by atoms with Gasteiger partial charge in [-0.15, -0.1) is 0 Å². The van der Waals surface area contributed by atoms with Crippen LogP contribution in [-0.4, -0.2) is 9.38 Å². The van der Waals surface area contributed by atoms with Gasteiger partial charge < -0.3 is 9.72 Å². The molecule has 0 atom stereocenters. The molecule has 0 aliphatic rings. The van der Waals surface area contributed by atoms with E-state index in [2.05, 4.69) is 40.9 Å². The highest BCUT2D eigenvalue weighted by Crippen LogP contribution is 2.25. The number of aromatic nitrogens is 2. The standard InChI is InChI=1S/C23H22FN3/c1-2-17-10-12-18(13-11-17)23-21(27-14-6-5-9-22(27)26-23)16-25-15-19-7-3-4-8-20(19)24/h3-14,25H,2,15-16H2,1H3. The zero-order valence-corrected chi connectivity index (χ0v) is 15.3. The van der Waals surface area contributed by atoms with Crippen LogP contribution in [0.5, 0.6) is 0 Å². The Morgan fingerprint density at radius 1 is 0.926 bits per heavy atom. The zero-order chi connectivity index (χ0) is 18.6. The number of fused-ring (bicyclic) bond motifs is 1. The van der Waals surface area contributed by atoms with Crippen LogP contribution >= 0.6 is 0 Å². The molecule has 1 N–H and O–H groups in total. The molecule has 0 aliphatic carbocycles. The summed E-state index contributed by atoms with van der Waals surface area (Å²) in [6.45, 7) is 3.23. The van der Waals surface area contributed by atoms with Crippen LogP contribution in [0.25, 0.3) is 16.9 Å². The first kappa shape index (κ1) is 17.4. The Morgan fingerprint density at radius 3 is 2.48 bits per heavy atom. The third kappa shape index (κ3) is 3.62. The molecule has 0 fully saturated rings. The first-order valence-corrected chi connectivity index (χ1v) is 9.25. The average Bonchev–Trinajstić information content (AvgIpc) is 3.08. The first-order chi connectivity index (χ1) is 13.3. The molecule has 4 aromatic rings. The van der Waals surface area contributed by atoms with Crippen molar-refractivity contribution in [1.29, 1.82) is 0 Å². The van der Waals surface area contributed by atoms with Gasteiger partial charge in [0.25, 0.3) is 0 Å². The Bertz CT molecular complexity index is 1050. The van der Waals surface area contributed by atoms with Crippen molar-refractivity contribution in [3.63, 3.8) is 0 Å². The van der Waals surface area contributed by atoms with Crippen molar-refractivity contribution in [3.8, 4) is 11.3 Å². The number of benzene rings is 2. The molecule has 0 spiro atoms. The van der Waals surface area contributed by atoms with Crippen molar-refractivity contribution in [1.82, 2.24) is 14.7 Å². The molecule has 0 saturated carbocycles. The van der Waals surface area contributed by atoms with E-state index in [-0.39, 0.29) is 5.82 Å². The van der Waals surface area contributed by atoms with Crippen molar-refractivity contribution in [2.45, 2.75) is 26.4 Å². The summed E-state index contributed by atoms with van der Waals surface area (Å²) in [7, 11) is 0. The summed E-state index contributed by atoms with van der Waals surface area (Å²) in [5, 5.41) is 3.37. The number of imidazole rings is 1. The summed E-state index contributed by atoms with van der Waals surface area (Å²) < 4.78 is 16.0. The topological polar surface area (TPSA) is 29.3 Å². The monoisotopic (exact) mass is 359 g/mol. The molecule has 2 aromatic carbocycles. The second-order valence-electron chi connectivity index (χ2n) is 6.58. The highest BCUT2D eigenvalue weighted by Gasteiger charge is 2.13. The van der Waals surface area contributed by atoms with E-state index >= 15 is 0 Å². The summed E-state index contributed by atoms with van der Waals surface area (Å²) >= 11 is 0. The Kier molecular flexibility index (Phi) is 4.99. The van der Waals surface area contributed by atoms with E-state index in [1.54, 1.807) is 12.1 Å². The number of nitrogens with zero attached hydrogens (tertiary/aromatic N) is 2. The fourth-order valence-corrected chi connectivity index (χ4v) is 3.30. The summed E-state index contributed by atoms with van der Waals surface area (Å²) in [5.41, 5.74) is 6.02. The minimum absolute atomic E-state index is 0.182. The molecule has 3 nitrogen and oxygen atoms in total. The molecule has 136 valence electrons. The number of hydrogen-bond acceptors (Lipinski definition) is 2. The predicted octanol–water partition coefficient (Wildman–Crippen LogP) is 4.99. The van der Waals surface area contributed by atoms with E-state index in [0.29, 0.717) is 18.7 Å². The largest absolute Gasteiger partial charge is 0.307 e. The number of pyridine rings is 1. The van der Waals surface area contributed by atoms with E-state index in [1.165, 1.54) is 11.6 Å². The Hall–Kier alpha value is -2.98. The maximum Gasteiger partial charge on any atom is 0.137 e. The number of hydrogen-bond donors (Lipinski definition) is 1. The summed E-state index contributed by atoms with van der Waals surface area (Å²) in [6.07, 6.45) is 3.04. The van der Waals surface area contributed by atoms with Crippen LogP contribution in [0, 0.1) is 5.82 Å². The molecule has 4 rings (SSSR count). The molecule has 2 heterocycles. The summed E-state index contributed by atoms with van der Waals surface area (Å²) in [5.74, 6) is -0.182. The second kappa shape index (κ2) is 7.72. The fourth-order valence-electron chi connectivity index (χ4n) is 3.30. The molecule has 0 bridgehead atoms. The molecule has 4 heteroatoms. The lowest BCUT2D eigenvalue weighted by molar-refractivity contribution is 0.585. The van der Waals surface area contributed by atoms with Crippen LogP contribution in [0.4, 0.5) is 4.39 Å². The highest BCUT2D eigenvalue weighted by molar-refractivity contribution is 5.66. The minimum Gasteiger partial charge on any atom is -0.307 e. The van der Waals surface area contributed by atoms with Gasteiger partial charge in [-0.25, -0.2) is 9.37 Å². The number of rotatable bonds is 6. The van der Waals surface area contributed by atoms with Crippen LogP contribution in [0.15, 0.2) is 72.9 Å². The van der Waals surface area contributed by atoms with Gasteiger partial charge in [-0.2, -0.15) is 0 Å². The normalized spacial score (nSPS) is 11.2. The third-order valence-electron chi connectivity index (χ3n) is 4.83. The van der Waals surface area contributed by atoms with Crippen LogP contribution in [0.3, 0.4) is 0 Å². The van der Waals surface area contributed by atoms with Crippen LogP contribution < -0.4 is 5.32 Å². The van der Waals surface area contributed by atoms with Crippen molar-refractivity contribution in [3.05, 3.63) is 95.6 Å². The Balaban J connectivity index is 1.64. The molecule has 0 unspecified atom stereocenters. The van der Waals surface area contributed by atoms with Gasteiger partial charge >= 0.3 is 0 Å². The number of aryl methyl sites for hydroxylation is 1. The average molecular weight is 359 g/mol. The Morgan fingerprint density at radius 2 is 1.70 bits per heavy atom. The second-order valence-corrected chi connectivity index (χ2v) is 6.58. The summed E-state index contributed by atoms with van der Waals surface area (Å²) in [4.78, 5) is 4.83. The fraction of sp³-hybridized carbons (Fsp3) is 0.174. The first-order valence-electron chi connectivity index (χ1n) is 9.25. The molecule has 2 aromatic heterocycles. The predicted molar refractivity (Wildman–Crippen MR) is 107 cm³/mol. The molecule has 0 aliphatic heterocycles. The van der Waals surface area contributed by atoms with E-state index < -0.39 is 0 Å². The Labute approximate surface area is 158 Å². The van der Waals surface area contributed by atoms with Crippen molar-refractivity contribution < 1.29 is 4.39 Å². The van der Waals surface area contributed by atoms with Crippen molar-refractivity contribution in [2.24, 2.45) is 0 Å². The third-order valence-corrected chi connectivity index (χ3v) is 4.83. The maximum absolute atomic E-state index is 13.9. The quantitative estimate of drug-likeness (QED) is 0.525. The molecule has 27 heavy (non-hydrogen) atoms. The highest BCUT2D eigenvalue weighted by atomic mass is 19.1. The van der Waals surface area contributed by atoms with Crippen LogP contribution in [0.1, 0.15) is 23.7 Å². The van der Waals surface area contributed by atoms with Crippen molar-refractivity contribution in [2.75, 3.05) is 0 Å². The van der Waals surface area contributed by atoms with Gasteiger partial charge in [0, 0.05) is 30.4 Å². The van der Waals surface area contributed by atoms with Gasteiger partial charge in [-0.05, 0) is 30.2 Å². The van der Waals surface area contributed by atoms with Gasteiger partial charge in [0.05, 0.1) is 11.4 Å². The SMILES string of the molecule is CCc1ccc(-c2nc3ccccn3c2CNCc2ccccc2F)cc1. The van der Waals surface area contributed by atoms with E-state index in [0.717, 1.165) is 29.0 Å². The lowest BCUT2D eigenvalue weighted by Gasteiger charge is -2.09. The molecular formula is C23H22FN3. The molecular weight excluding hydrogens is 337 g/mol. The molecule has 0 amide bonds. The van der Waals surface area contributed by atoms with Gasteiger partial charge in [0.1, 0.15) is 11.5 Å². The smallest absolute Gasteiger partial charge is 0.137 e. The molecule has 0 saturated heterocycles. The van der Waals surface area contributed by atoms with Gasteiger partial charge in [-0.1, -0.05) is 55.5 Å². The lowest BCUT2D eigenvalue weighted by Crippen LogP contribution is -2.15. The van der Waals surface area contributed by atoms with E-state index in [1.807, 2.05) is 30.5 Å². The van der Waals surface area contributed by atoms with Crippen LogP contribution in [-0.2, 0) is 19.5 Å². The zero-order valence-electron chi connectivity index (χ0n) is 15.3. The maximum atomic E-state index is 13.9. The van der Waals surface area contributed by atoms with Crippen molar-refractivity contribution >= 4 is 5.65 Å². The molecule has 0 radical (unpaired) electrons. The number of nitrogens with one attached hydrogen (secondary N) is 1. The lowest BCUT2D eigenvalue weighted by atomic mass is 10.1. The van der Waals surface area contributed by atoms with Gasteiger partial charge in [0.2, 0.25) is 0 Å². The van der Waals surface area contributed by atoms with Crippen LogP contribution in [0.2, 0.25) is 0 Å². The van der Waals surface area contributed by atoms with Gasteiger partial charge in [0.15, 0.2) is 0 Å². The minimum atomic E-state index is -0.182. The van der Waals surface area contributed by atoms with Gasteiger partial charge in [-0.3, -0.25) is 0 Å². The van der Waals surface area contributed by atoms with E-state index in [4.69, 9.17) is 4.98 Å².